The van der Waals surface area contributed by atoms with E-state index in [-0.39, 0.29) is 12.5 Å². The minimum absolute atomic E-state index is 0.0632. The van der Waals surface area contributed by atoms with Crippen molar-refractivity contribution in [1.82, 2.24) is 9.88 Å². The second-order valence-electron chi connectivity index (χ2n) is 4.26. The van der Waals surface area contributed by atoms with E-state index in [9.17, 15) is 9.59 Å². The summed E-state index contributed by atoms with van der Waals surface area (Å²) >= 11 is 0. The van der Waals surface area contributed by atoms with Crippen LogP contribution < -0.4 is 4.90 Å². The van der Waals surface area contributed by atoms with E-state index in [2.05, 4.69) is 4.98 Å². The Labute approximate surface area is 113 Å². The van der Waals surface area contributed by atoms with E-state index in [0.29, 0.717) is 18.0 Å². The fourth-order valence-corrected chi connectivity index (χ4v) is 1.49. The zero-order chi connectivity index (χ0) is 14.4. The van der Waals surface area contributed by atoms with E-state index in [4.69, 9.17) is 4.74 Å². The highest BCUT2D eigenvalue weighted by Crippen LogP contribution is 2.11. The Balaban J connectivity index is 2.76. The summed E-state index contributed by atoms with van der Waals surface area (Å²) in [6.45, 7) is 1.97. The molecule has 0 bridgehead atoms. The molecule has 1 amide bonds. The normalized spacial score (nSPS) is 9.89. The monoisotopic (exact) mass is 265 g/mol. The van der Waals surface area contributed by atoms with Crippen molar-refractivity contribution < 1.29 is 14.3 Å². The Morgan fingerprint density at radius 3 is 2.58 bits per heavy atom. The summed E-state index contributed by atoms with van der Waals surface area (Å²) in [5.41, 5.74) is 0.491. The minimum Gasteiger partial charge on any atom is -0.465 e. The molecular weight excluding hydrogens is 246 g/mol. The van der Waals surface area contributed by atoms with Gasteiger partial charge in [-0.15, -0.1) is 0 Å². The SMILES string of the molecule is CCOC(=O)CN(C)C(=O)c1ccnc(N(C)C)c1. The lowest BCUT2D eigenvalue weighted by Crippen LogP contribution is -2.33. The van der Waals surface area contributed by atoms with Crippen LogP contribution in [0.15, 0.2) is 18.3 Å². The third-order valence-corrected chi connectivity index (χ3v) is 2.47. The fraction of sp³-hybridized carbons (Fsp3) is 0.462. The minimum atomic E-state index is -0.416. The lowest BCUT2D eigenvalue weighted by Gasteiger charge is -2.17. The Kier molecular flexibility index (Phi) is 5.29. The summed E-state index contributed by atoms with van der Waals surface area (Å²) < 4.78 is 4.81. The van der Waals surface area contributed by atoms with Gasteiger partial charge in [-0.05, 0) is 19.1 Å². The Bertz CT molecular complexity index is 460. The molecule has 0 unspecified atom stereocenters. The van der Waals surface area contributed by atoms with Gasteiger partial charge in [-0.25, -0.2) is 4.98 Å². The number of likely N-dealkylation sites (N-methyl/N-ethyl adjacent to an activating group) is 1. The van der Waals surface area contributed by atoms with Crippen LogP contribution in [0.25, 0.3) is 0 Å². The molecule has 1 aromatic rings. The van der Waals surface area contributed by atoms with Gasteiger partial charge in [0.2, 0.25) is 0 Å². The Morgan fingerprint density at radius 2 is 2.00 bits per heavy atom. The standard InChI is InChI=1S/C13H19N3O3/c1-5-19-12(17)9-16(4)13(18)10-6-7-14-11(8-10)15(2)3/h6-8H,5,9H2,1-4H3. The van der Waals surface area contributed by atoms with E-state index in [0.717, 1.165) is 0 Å². The fourth-order valence-electron chi connectivity index (χ4n) is 1.49. The van der Waals surface area contributed by atoms with Crippen molar-refractivity contribution in [3.63, 3.8) is 0 Å². The predicted molar refractivity (Wildman–Crippen MR) is 72.2 cm³/mol. The molecule has 0 saturated heterocycles. The molecule has 1 aromatic heterocycles. The third-order valence-electron chi connectivity index (χ3n) is 2.47. The number of ether oxygens (including phenoxy) is 1. The van der Waals surface area contributed by atoms with Crippen molar-refractivity contribution in [2.24, 2.45) is 0 Å². The van der Waals surface area contributed by atoms with E-state index in [1.165, 1.54) is 4.90 Å². The largest absolute Gasteiger partial charge is 0.465 e. The Hall–Kier alpha value is -2.11. The number of aromatic nitrogens is 1. The molecule has 1 heterocycles. The van der Waals surface area contributed by atoms with Gasteiger partial charge >= 0.3 is 5.97 Å². The van der Waals surface area contributed by atoms with Crippen LogP contribution >= 0.6 is 0 Å². The molecule has 19 heavy (non-hydrogen) atoms. The van der Waals surface area contributed by atoms with Gasteiger partial charge in [0.25, 0.3) is 5.91 Å². The van der Waals surface area contributed by atoms with Gasteiger partial charge in [0, 0.05) is 32.9 Å². The van der Waals surface area contributed by atoms with Gasteiger partial charge in [-0.2, -0.15) is 0 Å². The average Bonchev–Trinajstić information content (AvgIpc) is 2.38. The van der Waals surface area contributed by atoms with Crippen molar-refractivity contribution >= 4 is 17.7 Å². The molecule has 0 aromatic carbocycles. The topological polar surface area (TPSA) is 62.7 Å². The van der Waals surface area contributed by atoms with Crippen LogP contribution in [0.3, 0.4) is 0 Å². The second-order valence-corrected chi connectivity index (χ2v) is 4.26. The predicted octanol–water partition coefficient (Wildman–Crippen LogP) is 0.783. The summed E-state index contributed by atoms with van der Waals surface area (Å²) in [7, 11) is 5.26. The number of rotatable bonds is 5. The number of esters is 1. The molecule has 0 atom stereocenters. The zero-order valence-electron chi connectivity index (χ0n) is 11.7. The summed E-state index contributed by atoms with van der Waals surface area (Å²) in [5, 5.41) is 0. The molecule has 0 saturated carbocycles. The number of pyridine rings is 1. The van der Waals surface area contributed by atoms with Crippen LogP contribution in [0.1, 0.15) is 17.3 Å². The maximum Gasteiger partial charge on any atom is 0.325 e. The maximum absolute atomic E-state index is 12.1. The van der Waals surface area contributed by atoms with Crippen LogP contribution in [0.4, 0.5) is 5.82 Å². The number of anilines is 1. The van der Waals surface area contributed by atoms with Crippen LogP contribution in [0.5, 0.6) is 0 Å². The number of carbonyl (C=O) groups excluding carboxylic acids is 2. The molecule has 0 spiro atoms. The van der Waals surface area contributed by atoms with Gasteiger partial charge < -0.3 is 14.5 Å². The summed E-state index contributed by atoms with van der Waals surface area (Å²) in [6.07, 6.45) is 1.57. The quantitative estimate of drug-likeness (QED) is 0.736. The van der Waals surface area contributed by atoms with Crippen molar-refractivity contribution in [2.45, 2.75) is 6.92 Å². The lowest BCUT2D eigenvalue weighted by atomic mass is 10.2. The van der Waals surface area contributed by atoms with Crippen molar-refractivity contribution in [2.75, 3.05) is 39.2 Å². The highest BCUT2D eigenvalue weighted by Gasteiger charge is 2.16. The highest BCUT2D eigenvalue weighted by atomic mass is 16.5. The molecule has 104 valence electrons. The number of carbonyl (C=O) groups is 2. The number of hydrogen-bond acceptors (Lipinski definition) is 5. The number of amides is 1. The molecule has 0 aliphatic rings. The molecule has 0 radical (unpaired) electrons. The molecular formula is C13H19N3O3. The molecule has 0 aliphatic carbocycles. The number of hydrogen-bond donors (Lipinski definition) is 0. The molecule has 0 aliphatic heterocycles. The molecule has 0 fully saturated rings. The van der Waals surface area contributed by atoms with E-state index in [1.54, 1.807) is 32.3 Å². The first-order valence-electron chi connectivity index (χ1n) is 6.00. The van der Waals surface area contributed by atoms with Gasteiger partial charge in [0.15, 0.2) is 0 Å². The number of nitrogens with zero attached hydrogens (tertiary/aromatic N) is 3. The van der Waals surface area contributed by atoms with Gasteiger partial charge in [0.05, 0.1) is 6.61 Å². The smallest absolute Gasteiger partial charge is 0.325 e. The van der Waals surface area contributed by atoms with E-state index in [1.807, 2.05) is 19.0 Å². The van der Waals surface area contributed by atoms with Crippen LogP contribution in [0, 0.1) is 0 Å². The first-order chi connectivity index (χ1) is 8.95. The maximum atomic E-state index is 12.1. The Morgan fingerprint density at radius 1 is 1.32 bits per heavy atom. The van der Waals surface area contributed by atoms with Crippen LogP contribution in [-0.4, -0.2) is 56.1 Å². The summed E-state index contributed by atoms with van der Waals surface area (Å²) in [6, 6.07) is 3.31. The first kappa shape index (κ1) is 14.9. The zero-order valence-corrected chi connectivity index (χ0v) is 11.7. The first-order valence-corrected chi connectivity index (χ1v) is 6.00. The molecule has 6 nitrogen and oxygen atoms in total. The summed E-state index contributed by atoms with van der Waals surface area (Å²) in [4.78, 5) is 30.7. The molecule has 0 N–H and O–H groups in total. The summed E-state index contributed by atoms with van der Waals surface area (Å²) in [5.74, 6) is 0.0363. The van der Waals surface area contributed by atoms with Crippen LogP contribution in [-0.2, 0) is 9.53 Å². The van der Waals surface area contributed by atoms with Crippen LogP contribution in [0.2, 0.25) is 0 Å². The lowest BCUT2D eigenvalue weighted by molar-refractivity contribution is -0.143. The van der Waals surface area contributed by atoms with Crippen molar-refractivity contribution in [3.05, 3.63) is 23.9 Å². The molecule has 1 rings (SSSR count). The van der Waals surface area contributed by atoms with Gasteiger partial charge in [0.1, 0.15) is 12.4 Å². The van der Waals surface area contributed by atoms with E-state index < -0.39 is 5.97 Å². The third kappa shape index (κ3) is 4.24. The second kappa shape index (κ2) is 6.72. The molecule has 6 heteroatoms. The van der Waals surface area contributed by atoms with Gasteiger partial charge in [-0.1, -0.05) is 0 Å². The van der Waals surface area contributed by atoms with Crippen molar-refractivity contribution in [3.8, 4) is 0 Å². The average molecular weight is 265 g/mol. The van der Waals surface area contributed by atoms with Crippen molar-refractivity contribution in [1.29, 1.82) is 0 Å². The highest BCUT2D eigenvalue weighted by molar-refractivity contribution is 5.96. The van der Waals surface area contributed by atoms with E-state index >= 15 is 0 Å². The van der Waals surface area contributed by atoms with Gasteiger partial charge in [-0.3, -0.25) is 9.59 Å².